The summed E-state index contributed by atoms with van der Waals surface area (Å²) in [4.78, 5) is 23.8. The van der Waals surface area contributed by atoms with Crippen LogP contribution in [0.25, 0.3) is 11.4 Å². The molecule has 4 N–H and O–H groups in total. The molecule has 9 heteroatoms. The first kappa shape index (κ1) is 19.4. The number of phenols is 1. The maximum atomic E-state index is 12.3. The number of primary amides is 1. The van der Waals surface area contributed by atoms with Gasteiger partial charge in [0.25, 0.3) is 5.91 Å². The number of phenolic OH excluding ortho intramolecular Hbond substituents is 1. The number of carbonyl (C=O) groups excluding carboxylic acids is 2. The minimum atomic E-state index is -0.610. The topological polar surface area (TPSA) is 123 Å². The fourth-order valence-electron chi connectivity index (χ4n) is 2.67. The molecule has 1 aromatic heterocycles. The molecule has 0 radical (unpaired) electrons. The number of anilines is 1. The van der Waals surface area contributed by atoms with Gasteiger partial charge < -0.3 is 20.7 Å². The first-order chi connectivity index (χ1) is 13.5. The fraction of sp³-hybridized carbons (Fsp3) is 0.158. The molecule has 0 bridgehead atoms. The Morgan fingerprint density at radius 2 is 1.86 bits per heavy atom. The summed E-state index contributed by atoms with van der Waals surface area (Å²) in [6.07, 6.45) is 0. The van der Waals surface area contributed by atoms with Crippen molar-refractivity contribution < 1.29 is 14.7 Å². The van der Waals surface area contributed by atoms with Gasteiger partial charge in [0.05, 0.1) is 22.6 Å². The molecule has 2 amide bonds. The van der Waals surface area contributed by atoms with Crippen LogP contribution in [0.3, 0.4) is 0 Å². The number of nitrogens with zero attached hydrogens (tertiary/aromatic N) is 3. The molecule has 3 rings (SSSR count). The third-order valence-corrected chi connectivity index (χ3v) is 4.94. The highest BCUT2D eigenvalue weighted by atomic mass is 32.2. The third kappa shape index (κ3) is 4.15. The largest absolute Gasteiger partial charge is 0.507 e. The quantitative estimate of drug-likeness (QED) is 0.526. The van der Waals surface area contributed by atoms with Crippen molar-refractivity contribution in [3.05, 3.63) is 54.1 Å². The van der Waals surface area contributed by atoms with E-state index in [0.717, 1.165) is 0 Å². The van der Waals surface area contributed by atoms with Crippen molar-refractivity contribution in [2.45, 2.75) is 18.6 Å². The molecular formula is C19H19N5O3S. The molecule has 0 aliphatic heterocycles. The van der Waals surface area contributed by atoms with Gasteiger partial charge in [0.1, 0.15) is 5.75 Å². The van der Waals surface area contributed by atoms with Crippen LogP contribution in [0.1, 0.15) is 17.3 Å². The van der Waals surface area contributed by atoms with Gasteiger partial charge in [-0.05, 0) is 31.2 Å². The average Bonchev–Trinajstić information content (AvgIpc) is 3.09. The van der Waals surface area contributed by atoms with Gasteiger partial charge in [0.2, 0.25) is 5.91 Å². The van der Waals surface area contributed by atoms with E-state index in [4.69, 9.17) is 5.73 Å². The van der Waals surface area contributed by atoms with Gasteiger partial charge in [-0.25, -0.2) is 0 Å². The molecule has 3 aromatic rings. The Balaban J connectivity index is 1.73. The van der Waals surface area contributed by atoms with Crippen molar-refractivity contribution in [1.82, 2.24) is 14.8 Å². The molecule has 0 aliphatic rings. The maximum absolute atomic E-state index is 12.3. The van der Waals surface area contributed by atoms with E-state index in [9.17, 15) is 14.7 Å². The Hall–Kier alpha value is -3.33. The van der Waals surface area contributed by atoms with Gasteiger partial charge in [-0.1, -0.05) is 36.0 Å². The Bertz CT molecular complexity index is 1020. The van der Waals surface area contributed by atoms with Gasteiger partial charge in [0.15, 0.2) is 11.0 Å². The monoisotopic (exact) mass is 397 g/mol. The number of rotatable bonds is 7. The summed E-state index contributed by atoms with van der Waals surface area (Å²) in [6.45, 7) is 2.51. The number of nitrogens with one attached hydrogen (secondary N) is 1. The van der Waals surface area contributed by atoms with E-state index in [1.807, 2.05) is 11.5 Å². The summed E-state index contributed by atoms with van der Waals surface area (Å²) < 4.78 is 1.82. The second kappa shape index (κ2) is 8.57. The zero-order valence-electron chi connectivity index (χ0n) is 15.1. The molecule has 28 heavy (non-hydrogen) atoms. The van der Waals surface area contributed by atoms with Crippen LogP contribution >= 0.6 is 11.8 Å². The molecule has 0 saturated carbocycles. The molecule has 0 saturated heterocycles. The minimum absolute atomic E-state index is 0.0754. The summed E-state index contributed by atoms with van der Waals surface area (Å²) in [5.41, 5.74) is 6.52. The smallest absolute Gasteiger partial charge is 0.250 e. The van der Waals surface area contributed by atoms with E-state index in [1.165, 1.54) is 11.8 Å². The van der Waals surface area contributed by atoms with E-state index >= 15 is 0 Å². The second-order valence-corrected chi connectivity index (χ2v) is 6.76. The van der Waals surface area contributed by atoms with E-state index in [0.29, 0.717) is 28.8 Å². The third-order valence-electron chi connectivity index (χ3n) is 3.98. The summed E-state index contributed by atoms with van der Waals surface area (Å²) in [5.74, 6) is -0.189. The van der Waals surface area contributed by atoms with Gasteiger partial charge in [-0.15, -0.1) is 10.2 Å². The number of aromatic hydroxyl groups is 1. The number of benzene rings is 2. The highest BCUT2D eigenvalue weighted by molar-refractivity contribution is 7.99. The van der Waals surface area contributed by atoms with E-state index in [2.05, 4.69) is 15.5 Å². The Morgan fingerprint density at radius 1 is 1.14 bits per heavy atom. The lowest BCUT2D eigenvalue weighted by Gasteiger charge is -2.10. The number of nitrogens with two attached hydrogens (primary N) is 1. The average molecular weight is 397 g/mol. The van der Waals surface area contributed by atoms with Gasteiger partial charge in [-0.3, -0.25) is 9.59 Å². The molecule has 0 spiro atoms. The number of aromatic nitrogens is 3. The summed E-state index contributed by atoms with van der Waals surface area (Å²) in [7, 11) is 0. The molecule has 8 nitrogen and oxygen atoms in total. The lowest BCUT2D eigenvalue weighted by Crippen LogP contribution is -2.19. The number of hydrogen-bond acceptors (Lipinski definition) is 6. The number of hydrogen-bond donors (Lipinski definition) is 3. The van der Waals surface area contributed by atoms with Crippen molar-refractivity contribution in [3.8, 4) is 17.1 Å². The van der Waals surface area contributed by atoms with Crippen LogP contribution in [-0.4, -0.2) is 37.4 Å². The van der Waals surface area contributed by atoms with Crippen molar-refractivity contribution in [2.24, 2.45) is 5.73 Å². The molecule has 2 aromatic carbocycles. The summed E-state index contributed by atoms with van der Waals surface area (Å²) in [5, 5.41) is 21.6. The lowest BCUT2D eigenvalue weighted by molar-refractivity contribution is -0.113. The molecule has 0 aliphatic carbocycles. The van der Waals surface area contributed by atoms with Crippen molar-refractivity contribution in [1.29, 1.82) is 0 Å². The van der Waals surface area contributed by atoms with Crippen LogP contribution in [0.4, 0.5) is 5.69 Å². The number of thioether (sulfide) groups is 1. The predicted octanol–water partition coefficient (Wildman–Crippen LogP) is 2.50. The van der Waals surface area contributed by atoms with Gasteiger partial charge >= 0.3 is 0 Å². The van der Waals surface area contributed by atoms with E-state index < -0.39 is 5.91 Å². The highest BCUT2D eigenvalue weighted by Crippen LogP contribution is 2.30. The SMILES string of the molecule is CCn1c(SCC(=O)Nc2ccccc2C(N)=O)nnc1-c1ccccc1O. The number of amides is 2. The Morgan fingerprint density at radius 3 is 2.57 bits per heavy atom. The van der Waals surface area contributed by atoms with Gasteiger partial charge in [-0.2, -0.15) is 0 Å². The highest BCUT2D eigenvalue weighted by Gasteiger charge is 2.17. The van der Waals surface area contributed by atoms with Crippen LogP contribution in [0.2, 0.25) is 0 Å². The number of carbonyl (C=O) groups is 2. The first-order valence-electron chi connectivity index (χ1n) is 8.54. The van der Waals surface area contributed by atoms with E-state index in [1.54, 1.807) is 48.5 Å². The van der Waals surface area contributed by atoms with Crippen LogP contribution in [0.15, 0.2) is 53.7 Å². The normalized spacial score (nSPS) is 10.6. The second-order valence-electron chi connectivity index (χ2n) is 5.81. The molecule has 0 atom stereocenters. The minimum Gasteiger partial charge on any atom is -0.507 e. The van der Waals surface area contributed by atoms with Crippen molar-refractivity contribution >= 4 is 29.3 Å². The zero-order chi connectivity index (χ0) is 20.1. The lowest BCUT2D eigenvalue weighted by atomic mass is 10.1. The first-order valence-corrected chi connectivity index (χ1v) is 9.52. The van der Waals surface area contributed by atoms with Crippen LogP contribution in [0.5, 0.6) is 5.75 Å². The summed E-state index contributed by atoms with van der Waals surface area (Å²) >= 11 is 1.21. The molecular weight excluding hydrogens is 378 g/mol. The molecule has 0 unspecified atom stereocenters. The number of para-hydroxylation sites is 2. The standard InChI is InChI=1S/C19H19N5O3S/c1-2-24-18(13-8-4-6-10-15(13)25)22-23-19(24)28-11-16(26)21-14-9-5-3-7-12(14)17(20)27/h3-10,25H,2,11H2,1H3,(H2,20,27)(H,21,26). The van der Waals surface area contributed by atoms with Crippen LogP contribution < -0.4 is 11.1 Å². The molecule has 144 valence electrons. The molecule has 0 fully saturated rings. The summed E-state index contributed by atoms with van der Waals surface area (Å²) in [6, 6.07) is 13.4. The maximum Gasteiger partial charge on any atom is 0.250 e. The van der Waals surface area contributed by atoms with Gasteiger partial charge in [0, 0.05) is 6.54 Å². The predicted molar refractivity (Wildman–Crippen MR) is 107 cm³/mol. The van der Waals surface area contributed by atoms with Crippen LogP contribution in [0, 0.1) is 0 Å². The fourth-order valence-corrected chi connectivity index (χ4v) is 3.47. The Labute approximate surface area is 165 Å². The zero-order valence-corrected chi connectivity index (χ0v) is 15.9. The van der Waals surface area contributed by atoms with Crippen molar-refractivity contribution in [3.63, 3.8) is 0 Å². The molecule has 1 heterocycles. The van der Waals surface area contributed by atoms with E-state index in [-0.39, 0.29) is 23.0 Å². The Kier molecular flexibility index (Phi) is 5.95. The van der Waals surface area contributed by atoms with Crippen LogP contribution in [-0.2, 0) is 11.3 Å². The van der Waals surface area contributed by atoms with Crippen molar-refractivity contribution in [2.75, 3.05) is 11.1 Å².